The summed E-state index contributed by atoms with van der Waals surface area (Å²) in [4.78, 5) is 25.0. The summed E-state index contributed by atoms with van der Waals surface area (Å²) in [7, 11) is -1.29. The standard InChI is InChI=1S/C11H13NO4.HO3P/c1-14-9-4-2-3-5-10(9)15-7-8-6-12-11(13)16-8;1-4(2)3/h2-5,8H,6-7H2,1H3,(H,12,13);(H-,1,2,3)/p+1. The topological polar surface area (TPSA) is 114 Å². The molecule has 0 aromatic heterocycles. The molecule has 0 aliphatic carbocycles. The van der Waals surface area contributed by atoms with Crippen LogP contribution in [0.5, 0.6) is 11.5 Å². The minimum atomic E-state index is -2.87. The first-order chi connectivity index (χ1) is 9.52. The van der Waals surface area contributed by atoms with Gasteiger partial charge in [-0.3, -0.25) is 0 Å². The quantitative estimate of drug-likeness (QED) is 0.705. The van der Waals surface area contributed by atoms with Crippen LogP contribution in [-0.2, 0) is 9.30 Å². The van der Waals surface area contributed by atoms with Crippen molar-refractivity contribution in [2.75, 3.05) is 20.3 Å². The van der Waals surface area contributed by atoms with Crippen molar-refractivity contribution in [2.45, 2.75) is 6.10 Å². The molecular weight excluding hydrogens is 289 g/mol. The van der Waals surface area contributed by atoms with Crippen LogP contribution < -0.4 is 14.8 Å². The average Bonchev–Trinajstić information content (AvgIpc) is 2.82. The summed E-state index contributed by atoms with van der Waals surface area (Å²) in [5, 5.41) is 2.56. The Morgan fingerprint density at radius 3 is 2.50 bits per heavy atom. The number of amides is 1. The maximum absolute atomic E-state index is 10.8. The van der Waals surface area contributed by atoms with Crippen molar-refractivity contribution in [3.63, 3.8) is 0 Å². The van der Waals surface area contributed by atoms with Gasteiger partial charge in [-0.1, -0.05) is 12.1 Å². The molecule has 1 aromatic rings. The molecule has 0 spiro atoms. The first-order valence-electron chi connectivity index (χ1n) is 5.58. The lowest BCUT2D eigenvalue weighted by Crippen LogP contribution is -2.22. The molecule has 1 aliphatic heterocycles. The van der Waals surface area contributed by atoms with Gasteiger partial charge in [-0.2, -0.15) is 0 Å². The number of carbonyl (C=O) groups is 1. The minimum absolute atomic E-state index is 0.239. The van der Waals surface area contributed by atoms with Gasteiger partial charge in [0, 0.05) is 4.57 Å². The number of hydrogen-bond donors (Lipinski definition) is 3. The Morgan fingerprint density at radius 2 is 2.00 bits per heavy atom. The molecule has 8 nitrogen and oxygen atoms in total. The number of methoxy groups -OCH3 is 1. The summed E-state index contributed by atoms with van der Waals surface area (Å²) >= 11 is 0. The van der Waals surface area contributed by atoms with E-state index in [1.165, 1.54) is 0 Å². The smallest absolute Gasteiger partial charge is 0.493 e. The van der Waals surface area contributed by atoms with Crippen LogP contribution in [0, 0.1) is 0 Å². The molecule has 1 heterocycles. The van der Waals surface area contributed by atoms with Crippen molar-refractivity contribution in [1.82, 2.24) is 5.32 Å². The second-order valence-corrected chi connectivity index (χ2v) is 4.13. The van der Waals surface area contributed by atoms with Gasteiger partial charge in [0.2, 0.25) is 0 Å². The molecule has 1 saturated heterocycles. The van der Waals surface area contributed by atoms with Crippen LogP contribution in [0.2, 0.25) is 0 Å². The second kappa shape index (κ2) is 8.31. The molecule has 1 fully saturated rings. The largest absolute Gasteiger partial charge is 0.692 e. The summed E-state index contributed by atoms with van der Waals surface area (Å²) < 4.78 is 24.3. The minimum Gasteiger partial charge on any atom is -0.493 e. The first kappa shape index (κ1) is 16.2. The zero-order valence-corrected chi connectivity index (χ0v) is 11.6. The van der Waals surface area contributed by atoms with Crippen LogP contribution in [-0.4, -0.2) is 42.2 Å². The fourth-order valence-corrected chi connectivity index (χ4v) is 1.45. The molecule has 110 valence electrons. The first-order valence-corrected chi connectivity index (χ1v) is 6.74. The molecule has 20 heavy (non-hydrogen) atoms. The molecule has 0 radical (unpaired) electrons. The van der Waals surface area contributed by atoms with E-state index in [2.05, 4.69) is 5.32 Å². The van der Waals surface area contributed by atoms with Gasteiger partial charge < -0.3 is 19.5 Å². The fraction of sp³-hybridized carbons (Fsp3) is 0.364. The van der Waals surface area contributed by atoms with Crippen molar-refractivity contribution in [3.8, 4) is 11.5 Å². The molecule has 0 bridgehead atoms. The third-order valence-corrected chi connectivity index (χ3v) is 2.24. The molecule has 1 amide bonds. The number of para-hydroxylation sites is 2. The lowest BCUT2D eigenvalue weighted by atomic mass is 10.3. The summed E-state index contributed by atoms with van der Waals surface area (Å²) in [5.74, 6) is 1.31. The highest BCUT2D eigenvalue weighted by Gasteiger charge is 2.23. The second-order valence-electron chi connectivity index (χ2n) is 3.62. The Kier molecular flexibility index (Phi) is 6.72. The zero-order chi connectivity index (χ0) is 15.0. The Morgan fingerprint density at radius 1 is 1.40 bits per heavy atom. The van der Waals surface area contributed by atoms with Crippen molar-refractivity contribution in [3.05, 3.63) is 24.3 Å². The van der Waals surface area contributed by atoms with Crippen LogP contribution >= 0.6 is 8.25 Å². The summed E-state index contributed by atoms with van der Waals surface area (Å²) in [6.07, 6.45) is -0.633. The number of nitrogens with one attached hydrogen (secondary N) is 1. The zero-order valence-electron chi connectivity index (χ0n) is 10.7. The maximum atomic E-state index is 10.8. The van der Waals surface area contributed by atoms with Gasteiger partial charge in [-0.15, -0.1) is 9.79 Å². The van der Waals surface area contributed by atoms with Crippen LogP contribution in [0.25, 0.3) is 0 Å². The highest BCUT2D eigenvalue weighted by Crippen LogP contribution is 2.26. The Bertz CT molecular complexity index is 464. The Hall–Kier alpha value is -1.89. The van der Waals surface area contributed by atoms with E-state index in [4.69, 9.17) is 28.6 Å². The van der Waals surface area contributed by atoms with Crippen molar-refractivity contribution in [2.24, 2.45) is 0 Å². The fourth-order valence-electron chi connectivity index (χ4n) is 1.45. The number of ether oxygens (including phenoxy) is 3. The highest BCUT2D eigenvalue weighted by molar-refractivity contribution is 7.30. The van der Waals surface area contributed by atoms with E-state index >= 15 is 0 Å². The molecule has 1 aliphatic rings. The van der Waals surface area contributed by atoms with Crippen LogP contribution in [0.4, 0.5) is 4.79 Å². The lowest BCUT2D eigenvalue weighted by Gasteiger charge is -2.12. The van der Waals surface area contributed by atoms with Gasteiger partial charge in [0.05, 0.1) is 13.7 Å². The van der Waals surface area contributed by atoms with E-state index in [0.717, 1.165) is 0 Å². The van der Waals surface area contributed by atoms with Crippen LogP contribution in [0.3, 0.4) is 0 Å². The number of carbonyl (C=O) groups excluding carboxylic acids is 1. The lowest BCUT2D eigenvalue weighted by molar-refractivity contribution is 0.103. The molecule has 2 rings (SSSR count). The number of cyclic esters (lactones) is 1. The van der Waals surface area contributed by atoms with Gasteiger partial charge >= 0.3 is 14.3 Å². The van der Waals surface area contributed by atoms with Gasteiger partial charge in [-0.05, 0) is 12.1 Å². The van der Waals surface area contributed by atoms with Crippen molar-refractivity contribution in [1.29, 1.82) is 0 Å². The molecule has 1 unspecified atom stereocenters. The van der Waals surface area contributed by atoms with E-state index in [9.17, 15) is 4.79 Å². The van der Waals surface area contributed by atoms with E-state index in [1.807, 2.05) is 24.3 Å². The monoisotopic (exact) mass is 304 g/mol. The summed E-state index contributed by atoms with van der Waals surface area (Å²) in [6.45, 7) is 0.799. The van der Waals surface area contributed by atoms with Gasteiger partial charge in [0.25, 0.3) is 0 Å². The molecule has 0 saturated carbocycles. The predicted octanol–water partition coefficient (Wildman–Crippen LogP) is 0.811. The normalized spacial score (nSPS) is 16.4. The van der Waals surface area contributed by atoms with Gasteiger partial charge in [0.15, 0.2) is 17.6 Å². The number of benzene rings is 1. The number of rotatable bonds is 4. The number of hydrogen-bond acceptors (Lipinski definition) is 5. The van der Waals surface area contributed by atoms with Crippen molar-refractivity contribution >= 4 is 14.3 Å². The Labute approximate surface area is 116 Å². The molecular formula is C11H15NO7P+. The van der Waals surface area contributed by atoms with Gasteiger partial charge in [0.1, 0.15) is 6.61 Å². The highest BCUT2D eigenvalue weighted by atomic mass is 31.1. The molecule has 1 atom stereocenters. The van der Waals surface area contributed by atoms with Gasteiger partial charge in [-0.25, -0.2) is 4.79 Å². The molecule has 9 heteroatoms. The van der Waals surface area contributed by atoms with E-state index < -0.39 is 14.3 Å². The third-order valence-electron chi connectivity index (χ3n) is 2.24. The van der Waals surface area contributed by atoms with E-state index in [0.29, 0.717) is 24.7 Å². The predicted molar refractivity (Wildman–Crippen MR) is 68.8 cm³/mol. The van der Waals surface area contributed by atoms with Crippen molar-refractivity contribution < 1.29 is 33.4 Å². The molecule has 1 aromatic carbocycles. The summed E-state index contributed by atoms with van der Waals surface area (Å²) in [5.41, 5.74) is 0. The third kappa shape index (κ3) is 5.83. The SMILES string of the molecule is COc1ccccc1OCC1CNC(=O)O1.O=[P+](O)O. The van der Waals surface area contributed by atoms with E-state index in [-0.39, 0.29) is 6.10 Å². The molecule has 3 N–H and O–H groups in total. The Balaban J connectivity index is 0.000000444. The summed E-state index contributed by atoms with van der Waals surface area (Å²) in [6, 6.07) is 7.34. The van der Waals surface area contributed by atoms with Crippen LogP contribution in [0.1, 0.15) is 0 Å². The van der Waals surface area contributed by atoms with Crippen LogP contribution in [0.15, 0.2) is 24.3 Å². The number of alkyl carbamates (subject to hydrolysis) is 1. The maximum Gasteiger partial charge on any atom is 0.692 e. The van der Waals surface area contributed by atoms with E-state index in [1.54, 1.807) is 7.11 Å². The average molecular weight is 304 g/mol.